The van der Waals surface area contributed by atoms with Crippen molar-refractivity contribution in [3.8, 4) is 0 Å². The lowest BCUT2D eigenvalue weighted by Gasteiger charge is -2.17. The molecule has 0 radical (unpaired) electrons. The molecule has 0 aliphatic heterocycles. The van der Waals surface area contributed by atoms with Crippen LogP contribution in [-0.4, -0.2) is 35.1 Å². The topological polar surface area (TPSA) is 75.3 Å². The first-order valence-electron chi connectivity index (χ1n) is 8.63. The van der Waals surface area contributed by atoms with Gasteiger partial charge in [0.25, 0.3) is 5.91 Å². The van der Waals surface area contributed by atoms with Gasteiger partial charge < -0.3 is 10.6 Å². The van der Waals surface area contributed by atoms with Gasteiger partial charge in [0.05, 0.1) is 17.3 Å². The maximum absolute atomic E-state index is 12.5. The highest BCUT2D eigenvalue weighted by atomic mass is 33.1. The quantitative estimate of drug-likeness (QED) is 0.525. The maximum atomic E-state index is 12.5. The van der Waals surface area contributed by atoms with Crippen LogP contribution in [0.5, 0.6) is 0 Å². The number of carbonyl (C=O) groups is 3. The van der Waals surface area contributed by atoms with Gasteiger partial charge in [-0.2, -0.15) is 0 Å². The van der Waals surface area contributed by atoms with Crippen LogP contribution in [0.15, 0.2) is 24.3 Å². The minimum absolute atomic E-state index is 0.0847. The fourth-order valence-electron chi connectivity index (χ4n) is 1.67. The van der Waals surface area contributed by atoms with E-state index in [0.717, 1.165) is 12.2 Å². The van der Waals surface area contributed by atoms with E-state index in [1.54, 1.807) is 22.9 Å². The minimum Gasteiger partial charge on any atom is -0.341 e. The molecule has 2 N–H and O–H groups in total. The predicted octanol–water partition coefficient (Wildman–Crippen LogP) is 3.12. The second-order valence-corrected chi connectivity index (χ2v) is 7.37. The highest BCUT2D eigenvalue weighted by Gasteiger charge is 2.20. The standard InChI is InChI=1S/C16H22N2O3S2/c1-4-9-22-23-10-15(11(2)19)18-16(21)13-7-5-6-8-14(13)17-12(3)20/h5-8,15H,4,9-10H2,1-3H3,(H,17,20)(H,18,21)/i3D3. The van der Waals surface area contributed by atoms with E-state index in [1.807, 2.05) is 0 Å². The molecule has 126 valence electrons. The third kappa shape index (κ3) is 7.09. The molecule has 2 amide bonds. The summed E-state index contributed by atoms with van der Waals surface area (Å²) in [7, 11) is 3.14. The highest BCUT2D eigenvalue weighted by Crippen LogP contribution is 2.23. The van der Waals surface area contributed by atoms with Crippen LogP contribution in [-0.2, 0) is 9.59 Å². The predicted molar refractivity (Wildman–Crippen MR) is 97.9 cm³/mol. The van der Waals surface area contributed by atoms with Gasteiger partial charge >= 0.3 is 0 Å². The number of Topliss-reactive ketones (excluding diaryl/α,β-unsaturated/α-hetero) is 1. The summed E-state index contributed by atoms with van der Waals surface area (Å²) in [6.45, 7) is 0.638. The molecule has 5 nitrogen and oxygen atoms in total. The van der Waals surface area contributed by atoms with E-state index < -0.39 is 24.7 Å². The van der Waals surface area contributed by atoms with Crippen LogP contribution in [0.4, 0.5) is 5.69 Å². The van der Waals surface area contributed by atoms with Crippen LogP contribution in [0.2, 0.25) is 0 Å². The van der Waals surface area contributed by atoms with Gasteiger partial charge in [-0.05, 0) is 25.5 Å². The van der Waals surface area contributed by atoms with Crippen LogP contribution >= 0.6 is 21.6 Å². The number of para-hydroxylation sites is 1. The number of hydrogen-bond donors (Lipinski definition) is 2. The first kappa shape index (κ1) is 15.1. The third-order valence-corrected chi connectivity index (χ3v) is 5.44. The van der Waals surface area contributed by atoms with Gasteiger partial charge in [-0.15, -0.1) is 0 Å². The van der Waals surface area contributed by atoms with E-state index in [4.69, 9.17) is 4.11 Å². The van der Waals surface area contributed by atoms with Crippen molar-refractivity contribution < 1.29 is 18.5 Å². The van der Waals surface area contributed by atoms with E-state index in [2.05, 4.69) is 17.6 Å². The SMILES string of the molecule is [2H]C([2H])([2H])C(=O)Nc1ccccc1C(=O)NC(CSSCCC)C(C)=O. The van der Waals surface area contributed by atoms with Gasteiger partial charge in [-0.3, -0.25) is 14.4 Å². The van der Waals surface area contributed by atoms with Gasteiger partial charge in [0.1, 0.15) is 0 Å². The minimum atomic E-state index is -2.82. The van der Waals surface area contributed by atoms with Crippen LogP contribution in [0, 0.1) is 0 Å². The molecule has 0 bridgehead atoms. The van der Waals surface area contributed by atoms with E-state index in [0.29, 0.717) is 5.75 Å². The Bertz CT molecular complexity index is 654. The first-order valence-corrected chi connectivity index (χ1v) is 9.61. The van der Waals surface area contributed by atoms with E-state index in [1.165, 1.54) is 29.9 Å². The summed E-state index contributed by atoms with van der Waals surface area (Å²) in [5, 5.41) is 4.88. The average Bonchev–Trinajstić information content (AvgIpc) is 2.56. The summed E-state index contributed by atoms with van der Waals surface area (Å²) in [6, 6.07) is 5.40. The van der Waals surface area contributed by atoms with Crippen molar-refractivity contribution in [1.29, 1.82) is 0 Å². The van der Waals surface area contributed by atoms with Crippen molar-refractivity contribution in [2.75, 3.05) is 16.8 Å². The lowest BCUT2D eigenvalue weighted by atomic mass is 10.1. The number of amides is 2. The molecule has 0 saturated carbocycles. The van der Waals surface area contributed by atoms with Gasteiger partial charge in [-0.25, -0.2) is 0 Å². The zero-order valence-corrected chi connectivity index (χ0v) is 14.7. The summed E-state index contributed by atoms with van der Waals surface area (Å²) in [4.78, 5) is 36.0. The summed E-state index contributed by atoms with van der Waals surface area (Å²) in [5.74, 6) is -0.518. The summed E-state index contributed by atoms with van der Waals surface area (Å²) in [6.07, 6.45) is 1.02. The van der Waals surface area contributed by atoms with Gasteiger partial charge in [-0.1, -0.05) is 40.6 Å². The number of carbonyl (C=O) groups excluding carboxylic acids is 3. The normalized spacial score (nSPS) is 14.1. The van der Waals surface area contributed by atoms with E-state index >= 15 is 0 Å². The Morgan fingerprint density at radius 1 is 1.26 bits per heavy atom. The first-order chi connectivity index (χ1) is 12.2. The lowest BCUT2D eigenvalue weighted by molar-refractivity contribution is -0.118. The monoisotopic (exact) mass is 357 g/mol. The molecule has 1 unspecified atom stereocenters. The molecular formula is C16H22N2O3S2. The number of anilines is 1. The Balaban J connectivity index is 2.85. The maximum Gasteiger partial charge on any atom is 0.254 e. The molecule has 7 heteroatoms. The van der Waals surface area contributed by atoms with Crippen LogP contribution in [0.25, 0.3) is 0 Å². The lowest BCUT2D eigenvalue weighted by Crippen LogP contribution is -2.41. The number of nitrogens with one attached hydrogen (secondary N) is 2. The molecule has 0 aliphatic carbocycles. The smallest absolute Gasteiger partial charge is 0.254 e. The summed E-state index contributed by atoms with van der Waals surface area (Å²) in [5.41, 5.74) is 0.184. The molecule has 0 fully saturated rings. The second-order valence-electron chi connectivity index (χ2n) is 4.74. The largest absolute Gasteiger partial charge is 0.341 e. The molecule has 23 heavy (non-hydrogen) atoms. The molecule has 1 aromatic rings. The number of benzene rings is 1. The van der Waals surface area contributed by atoms with Crippen molar-refractivity contribution in [3.05, 3.63) is 29.8 Å². The Morgan fingerprint density at radius 2 is 2.00 bits per heavy atom. The van der Waals surface area contributed by atoms with Crippen molar-refractivity contribution >= 4 is 44.9 Å². The number of rotatable bonds is 9. The second kappa shape index (κ2) is 10.3. The van der Waals surface area contributed by atoms with Crippen LogP contribution < -0.4 is 10.6 Å². The number of ketones is 1. The van der Waals surface area contributed by atoms with Crippen molar-refractivity contribution in [2.45, 2.75) is 33.2 Å². The Hall–Kier alpha value is -1.47. The van der Waals surface area contributed by atoms with Crippen molar-refractivity contribution in [1.82, 2.24) is 5.32 Å². The molecule has 0 saturated heterocycles. The van der Waals surface area contributed by atoms with Crippen LogP contribution in [0.3, 0.4) is 0 Å². The fraction of sp³-hybridized carbons (Fsp3) is 0.438. The Morgan fingerprint density at radius 3 is 2.65 bits per heavy atom. The van der Waals surface area contributed by atoms with Gasteiger partial charge in [0, 0.05) is 22.5 Å². The third-order valence-electron chi connectivity index (χ3n) is 2.82. The van der Waals surface area contributed by atoms with Gasteiger partial charge in [0.2, 0.25) is 5.91 Å². The average molecular weight is 358 g/mol. The zero-order valence-electron chi connectivity index (χ0n) is 16.0. The molecule has 0 aromatic heterocycles. The summed E-state index contributed by atoms with van der Waals surface area (Å²) < 4.78 is 21.3. The Kier molecular flexibility index (Phi) is 6.77. The number of hydrogen-bond acceptors (Lipinski definition) is 5. The fourth-order valence-corrected chi connectivity index (χ4v) is 4.05. The molecule has 0 spiro atoms. The van der Waals surface area contributed by atoms with Crippen molar-refractivity contribution in [2.24, 2.45) is 0 Å². The summed E-state index contributed by atoms with van der Waals surface area (Å²) >= 11 is 0. The molecule has 0 heterocycles. The molecular weight excluding hydrogens is 332 g/mol. The van der Waals surface area contributed by atoms with Crippen LogP contribution in [0.1, 0.15) is 41.6 Å². The molecule has 1 atom stereocenters. The Labute approximate surface area is 149 Å². The van der Waals surface area contributed by atoms with E-state index in [-0.39, 0.29) is 17.0 Å². The molecule has 1 aromatic carbocycles. The molecule has 0 aliphatic rings. The van der Waals surface area contributed by atoms with Gasteiger partial charge in [0.15, 0.2) is 5.78 Å². The molecule has 1 rings (SSSR count). The zero-order chi connectivity index (χ0) is 19.7. The van der Waals surface area contributed by atoms with E-state index in [9.17, 15) is 14.4 Å². The van der Waals surface area contributed by atoms with Crippen molar-refractivity contribution in [3.63, 3.8) is 0 Å². The highest BCUT2D eigenvalue weighted by molar-refractivity contribution is 8.76.